The number of hydrogen-bond acceptors (Lipinski definition) is 5. The van der Waals surface area contributed by atoms with Gasteiger partial charge in [0.15, 0.2) is 0 Å². The Labute approximate surface area is 198 Å². The fraction of sp³-hybridized carbons (Fsp3) is 0.280. The Hall–Kier alpha value is -1.95. The second-order valence-electron chi connectivity index (χ2n) is 7.51. The zero-order valence-corrected chi connectivity index (χ0v) is 19.3. The Bertz CT molecular complexity index is 1040. The molecule has 0 aliphatic heterocycles. The number of rotatable bonds is 9. The van der Waals surface area contributed by atoms with Gasteiger partial charge in [-0.1, -0.05) is 48.5 Å². The fourth-order valence-corrected chi connectivity index (χ4v) is 4.27. The molecule has 0 aliphatic rings. The van der Waals surface area contributed by atoms with Gasteiger partial charge in [-0.15, -0.1) is 0 Å². The third-order valence-electron chi connectivity index (χ3n) is 5.42. The number of aromatic nitrogens is 2. The van der Waals surface area contributed by atoms with Crippen molar-refractivity contribution in [2.45, 2.75) is 25.6 Å². The van der Waals surface area contributed by atoms with Crippen LogP contribution in [0.25, 0.3) is 21.8 Å². The predicted molar refractivity (Wildman–Crippen MR) is 127 cm³/mol. The van der Waals surface area contributed by atoms with E-state index >= 15 is 0 Å². The molecule has 31 heavy (non-hydrogen) atoms. The van der Waals surface area contributed by atoms with Crippen molar-refractivity contribution in [3.63, 3.8) is 0 Å². The minimum atomic E-state index is 0. The van der Waals surface area contributed by atoms with Gasteiger partial charge >= 0.3 is 17.1 Å². The second-order valence-corrected chi connectivity index (χ2v) is 8.50. The maximum absolute atomic E-state index is 10.1. The zero-order valence-electron chi connectivity index (χ0n) is 17.5. The van der Waals surface area contributed by atoms with Gasteiger partial charge in [-0.2, -0.15) is 11.8 Å². The van der Waals surface area contributed by atoms with E-state index in [9.17, 15) is 5.11 Å². The summed E-state index contributed by atoms with van der Waals surface area (Å²) >= 11 is 1.81. The van der Waals surface area contributed by atoms with Crippen molar-refractivity contribution in [1.29, 1.82) is 0 Å². The summed E-state index contributed by atoms with van der Waals surface area (Å²) in [5, 5.41) is 12.4. The Morgan fingerprint density at radius 2 is 1.32 bits per heavy atom. The molecule has 2 heterocycles. The molecule has 6 heteroatoms. The van der Waals surface area contributed by atoms with E-state index < -0.39 is 0 Å². The molecule has 0 saturated carbocycles. The van der Waals surface area contributed by atoms with Gasteiger partial charge in [-0.25, -0.2) is 0 Å². The molecule has 0 aliphatic carbocycles. The number of pyridine rings is 2. The Morgan fingerprint density at radius 3 is 1.81 bits per heavy atom. The summed E-state index contributed by atoms with van der Waals surface area (Å²) in [4.78, 5) is 12.0. The maximum Gasteiger partial charge on any atom is 1.00 e. The molecule has 4 rings (SSSR count). The van der Waals surface area contributed by atoms with Gasteiger partial charge in [0.25, 0.3) is 0 Å². The summed E-state index contributed by atoms with van der Waals surface area (Å²) in [6.45, 7) is 1.49. The van der Waals surface area contributed by atoms with Crippen molar-refractivity contribution in [2.24, 2.45) is 0 Å². The number of hydrogen-bond donors (Lipinski definition) is 1. The quantitative estimate of drug-likeness (QED) is 0.345. The predicted octanol–water partition coefficient (Wildman–Crippen LogP) is 4.90. The summed E-state index contributed by atoms with van der Waals surface area (Å²) in [7, 11) is 0. The minimum absolute atomic E-state index is 0. The minimum Gasteiger partial charge on any atom is -0.395 e. The van der Waals surface area contributed by atoms with Gasteiger partial charge in [-0.3, -0.25) is 14.9 Å². The van der Waals surface area contributed by atoms with Gasteiger partial charge in [-0.05, 0) is 42.7 Å². The van der Waals surface area contributed by atoms with Crippen LogP contribution in [0.15, 0.2) is 72.8 Å². The van der Waals surface area contributed by atoms with E-state index in [1.54, 1.807) is 0 Å². The van der Waals surface area contributed by atoms with Crippen LogP contribution < -0.4 is 0 Å². The van der Waals surface area contributed by atoms with Crippen LogP contribution in [0.2, 0.25) is 0 Å². The maximum atomic E-state index is 10.1. The number of fused-ring (bicyclic) bond motifs is 2. The van der Waals surface area contributed by atoms with Crippen LogP contribution in [0.1, 0.15) is 17.8 Å². The molecule has 0 bridgehead atoms. The molecule has 1 unspecified atom stereocenters. The van der Waals surface area contributed by atoms with Gasteiger partial charge in [0, 0.05) is 29.9 Å². The number of para-hydroxylation sites is 2. The summed E-state index contributed by atoms with van der Waals surface area (Å²) in [6.07, 6.45) is 3.04. The zero-order chi connectivity index (χ0) is 20.8. The first-order valence-corrected chi connectivity index (χ1v) is 11.7. The number of aliphatic hydroxyl groups excluding tert-OH is 1. The largest absolute Gasteiger partial charge is 1.00 e. The smallest absolute Gasteiger partial charge is 0.395 e. The molecule has 2 aromatic carbocycles. The molecule has 0 radical (unpaired) electrons. The van der Waals surface area contributed by atoms with Crippen LogP contribution in [0.3, 0.4) is 0 Å². The van der Waals surface area contributed by atoms with E-state index in [2.05, 4.69) is 47.6 Å². The van der Waals surface area contributed by atoms with Crippen molar-refractivity contribution in [1.82, 2.24) is 14.9 Å². The summed E-state index contributed by atoms with van der Waals surface area (Å²) in [5.41, 5.74) is 4.03. The Balaban J connectivity index is 0.00000272. The third kappa shape index (κ3) is 6.06. The van der Waals surface area contributed by atoms with E-state index in [1.165, 1.54) is 0 Å². The van der Waals surface area contributed by atoms with Crippen molar-refractivity contribution >= 4 is 33.6 Å². The van der Waals surface area contributed by atoms with Crippen molar-refractivity contribution in [3.05, 3.63) is 84.2 Å². The van der Waals surface area contributed by atoms with Gasteiger partial charge in [0.1, 0.15) is 0 Å². The number of nitrogens with zero attached hydrogens (tertiary/aromatic N) is 3. The van der Waals surface area contributed by atoms with Crippen molar-refractivity contribution in [3.8, 4) is 0 Å². The van der Waals surface area contributed by atoms with Gasteiger partial charge in [0.2, 0.25) is 0 Å². The van der Waals surface area contributed by atoms with Gasteiger partial charge < -0.3 is 5.11 Å². The standard InChI is InChI=1S/C25H27N3OS.Cu/c1-30-15-14-23(18-29)28(16-21-12-10-19-6-2-4-8-24(19)26-21)17-22-13-11-20-7-3-5-9-25(20)27-22;/h2-13,23,29H,14-18H2,1H3;/q;+1. The fourth-order valence-electron chi connectivity index (χ4n) is 3.77. The molecule has 2 aromatic heterocycles. The first-order valence-electron chi connectivity index (χ1n) is 10.3. The SMILES string of the molecule is CSCCC(CO)N(Cc1ccc2ccccc2n1)Cc1ccc2ccccc2n1.[Cu+]. The topological polar surface area (TPSA) is 49.2 Å². The third-order valence-corrected chi connectivity index (χ3v) is 6.07. The van der Waals surface area contributed by atoms with Crippen LogP contribution in [0.5, 0.6) is 0 Å². The number of benzene rings is 2. The molecule has 0 saturated heterocycles. The number of aliphatic hydroxyl groups is 1. The van der Waals surface area contributed by atoms with E-state index in [0.29, 0.717) is 13.1 Å². The normalized spacial score (nSPS) is 12.2. The van der Waals surface area contributed by atoms with Gasteiger partial charge in [0.05, 0.1) is 29.0 Å². The summed E-state index contributed by atoms with van der Waals surface area (Å²) in [6, 6.07) is 24.9. The Kier molecular flexibility index (Phi) is 8.88. The molecular formula is C25H27CuN3OS+. The van der Waals surface area contributed by atoms with E-state index in [-0.39, 0.29) is 29.7 Å². The molecule has 1 atom stereocenters. The average molecular weight is 481 g/mol. The van der Waals surface area contributed by atoms with Crippen LogP contribution in [0.4, 0.5) is 0 Å². The van der Waals surface area contributed by atoms with Crippen molar-refractivity contribution < 1.29 is 22.2 Å². The second kappa shape index (κ2) is 11.6. The molecule has 0 fully saturated rings. The van der Waals surface area contributed by atoms with E-state index in [4.69, 9.17) is 9.97 Å². The van der Waals surface area contributed by atoms with Crippen LogP contribution in [0, 0.1) is 0 Å². The molecule has 4 aromatic rings. The summed E-state index contributed by atoms with van der Waals surface area (Å²) in [5.74, 6) is 1.01. The molecule has 164 valence electrons. The van der Waals surface area contributed by atoms with E-state index in [0.717, 1.165) is 45.4 Å². The first-order chi connectivity index (χ1) is 14.8. The molecule has 1 N–H and O–H groups in total. The Morgan fingerprint density at radius 1 is 0.806 bits per heavy atom. The average Bonchev–Trinajstić information content (AvgIpc) is 2.79. The van der Waals surface area contributed by atoms with Crippen LogP contribution in [-0.2, 0) is 30.2 Å². The molecule has 4 nitrogen and oxygen atoms in total. The first kappa shape index (κ1) is 23.7. The molecule has 0 spiro atoms. The molecular weight excluding hydrogens is 454 g/mol. The van der Waals surface area contributed by atoms with Crippen molar-refractivity contribution in [2.75, 3.05) is 18.6 Å². The summed E-state index contributed by atoms with van der Waals surface area (Å²) < 4.78 is 0. The van der Waals surface area contributed by atoms with E-state index in [1.807, 2.05) is 48.2 Å². The molecule has 0 amide bonds. The van der Waals surface area contributed by atoms with Crippen LogP contribution in [-0.4, -0.2) is 44.6 Å². The number of thioether (sulfide) groups is 1. The monoisotopic (exact) mass is 480 g/mol. The van der Waals surface area contributed by atoms with Crippen LogP contribution >= 0.6 is 11.8 Å².